The van der Waals surface area contributed by atoms with Crippen molar-refractivity contribution in [2.45, 2.75) is 0 Å². The molecule has 0 aromatic rings. The maximum atomic E-state index is 10.1. The van der Waals surface area contributed by atoms with Gasteiger partial charge >= 0.3 is 18.2 Å². The van der Waals surface area contributed by atoms with E-state index in [9.17, 15) is 12.6 Å². The zero-order valence-electron chi connectivity index (χ0n) is 4.33. The van der Waals surface area contributed by atoms with Crippen LogP contribution in [-0.2, 0) is 18.2 Å². The van der Waals surface area contributed by atoms with Crippen LogP contribution in [0.2, 0.25) is 0 Å². The van der Waals surface area contributed by atoms with Gasteiger partial charge in [-0.25, -0.2) is 4.21 Å². The van der Waals surface area contributed by atoms with Crippen molar-refractivity contribution in [1.82, 2.24) is 0 Å². The van der Waals surface area contributed by atoms with Crippen LogP contribution in [0.3, 0.4) is 0 Å². The summed E-state index contributed by atoms with van der Waals surface area (Å²) in [6.45, 7) is 0. The van der Waals surface area contributed by atoms with Gasteiger partial charge in [-0.05, 0) is 0 Å². The Balaban J connectivity index is 5.47. The summed E-state index contributed by atoms with van der Waals surface area (Å²) in [5.74, 6) is 0. The Bertz CT molecular complexity index is 363. The highest BCUT2D eigenvalue weighted by Crippen LogP contribution is 1.98. The summed E-state index contributed by atoms with van der Waals surface area (Å²) in [5.41, 5.74) is 0. The molecule has 0 aliphatic carbocycles. The largest absolute Gasteiger partial charge is 0.380 e. The molecule has 0 aromatic heterocycles. The average molecular weight is 186 g/mol. The van der Waals surface area contributed by atoms with E-state index in [0.717, 1.165) is 6.19 Å². The topological polar surface area (TPSA) is 128 Å². The van der Waals surface area contributed by atoms with Gasteiger partial charge in [0.15, 0.2) is 0 Å². The third-order valence-corrected chi connectivity index (χ3v) is 3.16. The molecule has 1 unspecified atom stereocenters. The van der Waals surface area contributed by atoms with Gasteiger partial charge in [-0.3, -0.25) is 9.11 Å². The second-order valence-electron chi connectivity index (χ2n) is 1.07. The fourth-order valence-corrected chi connectivity index (χ4v) is 0.679. The lowest BCUT2D eigenvalue weighted by atomic mass is 11.5. The Morgan fingerprint density at radius 1 is 1.30 bits per heavy atom. The van der Waals surface area contributed by atoms with Crippen LogP contribution >= 0.6 is 0 Å². The van der Waals surface area contributed by atoms with E-state index in [1.165, 1.54) is 0 Å². The monoisotopic (exact) mass is 186 g/mol. The molecule has 0 aliphatic heterocycles. The lowest BCUT2D eigenvalue weighted by Gasteiger charge is -1.90. The van der Waals surface area contributed by atoms with Crippen LogP contribution in [0, 0.1) is 11.5 Å². The lowest BCUT2D eigenvalue weighted by Crippen LogP contribution is -2.11. The van der Waals surface area contributed by atoms with Crippen LogP contribution in [0.25, 0.3) is 0 Å². The molecule has 0 radical (unpaired) electrons. The summed E-state index contributed by atoms with van der Waals surface area (Å²) in [6, 6.07) is 0. The number of nitriles is 1. The molecule has 0 aliphatic rings. The van der Waals surface area contributed by atoms with E-state index >= 15 is 0 Å². The Labute approximate surface area is 56.4 Å². The summed E-state index contributed by atoms with van der Waals surface area (Å²) in [4.78, 5) is 0. The molecule has 0 spiro atoms. The van der Waals surface area contributed by atoms with E-state index in [-0.39, 0.29) is 0 Å². The third-order valence-electron chi connectivity index (χ3n) is 0.431. The highest BCUT2D eigenvalue weighted by molar-refractivity contribution is 8.63. The number of nitrogens with zero attached hydrogens (tertiary/aromatic N) is 2. The van der Waals surface area contributed by atoms with Crippen molar-refractivity contribution >= 4 is 18.2 Å². The molecule has 58 valence electrons. The number of hydrogen-bond donors (Lipinski definition) is 2. The van der Waals surface area contributed by atoms with Gasteiger partial charge in [0.05, 0.1) is 0 Å². The Morgan fingerprint density at radius 3 is 1.80 bits per heavy atom. The van der Waals surface area contributed by atoms with Crippen molar-refractivity contribution in [1.29, 1.82) is 5.26 Å². The minimum Gasteiger partial charge on any atom is -0.286 e. The zero-order chi connectivity index (χ0) is 8.41. The van der Waals surface area contributed by atoms with E-state index in [4.69, 9.17) is 14.4 Å². The molecule has 0 amide bonds. The summed E-state index contributed by atoms with van der Waals surface area (Å²) >= 11 is 0. The van der Waals surface area contributed by atoms with Gasteiger partial charge in [0.2, 0.25) is 6.19 Å². The quantitative estimate of drug-likeness (QED) is 0.313. The predicted molar refractivity (Wildman–Crippen MR) is 30.4 cm³/mol. The van der Waals surface area contributed by atoms with E-state index in [1.807, 2.05) is 0 Å². The number of hydrogen-bond acceptors (Lipinski definition) is 5. The van der Waals surface area contributed by atoms with E-state index in [0.29, 0.717) is 0 Å². The Hall–Kier alpha value is -0.690. The summed E-state index contributed by atoms with van der Waals surface area (Å²) in [6.07, 6.45) is 0.775. The highest BCUT2D eigenvalue weighted by Gasteiger charge is 2.21. The zero-order valence-corrected chi connectivity index (χ0v) is 5.96. The number of rotatable bonds is 1. The van der Waals surface area contributed by atoms with Gasteiger partial charge in [-0.15, -0.1) is 0 Å². The van der Waals surface area contributed by atoms with E-state index in [1.54, 1.807) is 0 Å². The second kappa shape index (κ2) is 2.51. The van der Waals surface area contributed by atoms with Crippen LogP contribution in [0.1, 0.15) is 0 Å². The molecule has 0 heterocycles. The van der Waals surface area contributed by atoms with E-state index in [2.05, 4.69) is 4.36 Å². The standard InChI is InChI=1S/CH2N2O5S2/c2-1-3-9(4,5)10(6,7)8/h(H,3,4,5)(H,6,7,8). The van der Waals surface area contributed by atoms with Gasteiger partial charge in [0.1, 0.15) is 0 Å². The maximum Gasteiger partial charge on any atom is 0.380 e. The molecule has 0 saturated carbocycles. The molecule has 9 heteroatoms. The van der Waals surface area contributed by atoms with Crippen molar-refractivity contribution < 1.29 is 21.7 Å². The molecule has 0 fully saturated rings. The van der Waals surface area contributed by atoms with Crippen LogP contribution in [0.5, 0.6) is 0 Å². The minimum atomic E-state index is -5.17. The molecular formula is CH2N2O5S2. The smallest absolute Gasteiger partial charge is 0.286 e. The van der Waals surface area contributed by atoms with Gasteiger partial charge in [0, 0.05) is 0 Å². The average Bonchev–Trinajstić information content (AvgIpc) is 1.61. The van der Waals surface area contributed by atoms with Crippen LogP contribution in [-0.4, -0.2) is 21.7 Å². The lowest BCUT2D eigenvalue weighted by molar-refractivity contribution is 0.485. The predicted octanol–water partition coefficient (Wildman–Crippen LogP) is -0.789. The van der Waals surface area contributed by atoms with Crippen LogP contribution in [0.15, 0.2) is 4.36 Å². The first-order chi connectivity index (χ1) is 4.31. The fourth-order valence-electron chi connectivity index (χ4n) is 0.0987. The first kappa shape index (κ1) is 9.31. The van der Waals surface area contributed by atoms with Crippen molar-refractivity contribution in [3.05, 3.63) is 0 Å². The first-order valence-corrected chi connectivity index (χ1v) is 5.09. The minimum absolute atomic E-state index is 0.775. The summed E-state index contributed by atoms with van der Waals surface area (Å²) in [7, 11) is -9.98. The van der Waals surface area contributed by atoms with Gasteiger partial charge in [0.25, 0.3) is 0 Å². The Kier molecular flexibility index (Phi) is 2.33. The van der Waals surface area contributed by atoms with Crippen molar-refractivity contribution in [3.8, 4) is 6.19 Å². The highest BCUT2D eigenvalue weighted by atomic mass is 33.2. The molecular weight excluding hydrogens is 184 g/mol. The molecule has 0 aromatic carbocycles. The van der Waals surface area contributed by atoms with E-state index < -0.39 is 18.2 Å². The Morgan fingerprint density at radius 2 is 1.70 bits per heavy atom. The second-order valence-corrected chi connectivity index (χ2v) is 5.57. The molecule has 10 heavy (non-hydrogen) atoms. The van der Waals surface area contributed by atoms with Gasteiger partial charge in [-0.1, -0.05) is 4.36 Å². The summed E-state index contributed by atoms with van der Waals surface area (Å²) in [5, 5.41) is 7.63. The van der Waals surface area contributed by atoms with Crippen molar-refractivity contribution in [2.24, 2.45) is 4.36 Å². The normalized spacial score (nSPS) is 16.9. The molecule has 1 atom stereocenters. The molecule has 0 rings (SSSR count). The summed E-state index contributed by atoms with van der Waals surface area (Å²) < 4.78 is 47.9. The SMILES string of the molecule is N#CN=S(=O)(O)S(=O)(=O)O. The van der Waals surface area contributed by atoms with Crippen LogP contribution < -0.4 is 0 Å². The molecule has 2 N–H and O–H groups in total. The van der Waals surface area contributed by atoms with Crippen LogP contribution in [0.4, 0.5) is 0 Å². The van der Waals surface area contributed by atoms with Gasteiger partial charge < -0.3 is 0 Å². The van der Waals surface area contributed by atoms with Gasteiger partial charge in [-0.2, -0.15) is 13.7 Å². The molecule has 7 nitrogen and oxygen atoms in total. The third kappa shape index (κ3) is 1.92. The molecule has 0 bridgehead atoms. The fraction of sp³-hybridized carbons (Fsp3) is 0. The first-order valence-electron chi connectivity index (χ1n) is 1.66. The van der Waals surface area contributed by atoms with Crippen molar-refractivity contribution in [3.63, 3.8) is 0 Å². The maximum absolute atomic E-state index is 10.1. The van der Waals surface area contributed by atoms with Crippen molar-refractivity contribution in [2.75, 3.05) is 0 Å². The molecule has 0 saturated heterocycles.